The number of aromatic amines is 1. The van der Waals surface area contributed by atoms with Crippen molar-refractivity contribution in [2.24, 2.45) is 0 Å². The molecule has 1 N–H and O–H groups in total. The Bertz CT molecular complexity index is 686. The SMILES string of the molecule is Brc1cccc(SCc2ccccc2)c1-c1nnn[nH]1. The van der Waals surface area contributed by atoms with Crippen LogP contribution in [0.15, 0.2) is 57.9 Å². The Hall–Kier alpha value is -1.66. The van der Waals surface area contributed by atoms with Crippen LogP contribution in [0.1, 0.15) is 5.56 Å². The van der Waals surface area contributed by atoms with Crippen LogP contribution in [0.3, 0.4) is 0 Å². The molecule has 2 aromatic carbocycles. The fraction of sp³-hybridized carbons (Fsp3) is 0.0714. The molecule has 0 bridgehead atoms. The molecule has 0 aliphatic rings. The summed E-state index contributed by atoms with van der Waals surface area (Å²) >= 11 is 5.33. The molecule has 0 unspecified atom stereocenters. The summed E-state index contributed by atoms with van der Waals surface area (Å²) in [6, 6.07) is 16.5. The summed E-state index contributed by atoms with van der Waals surface area (Å²) in [4.78, 5) is 1.14. The van der Waals surface area contributed by atoms with Gasteiger partial charge in [-0.2, -0.15) is 0 Å². The van der Waals surface area contributed by atoms with Crippen molar-refractivity contribution in [3.8, 4) is 11.4 Å². The lowest BCUT2D eigenvalue weighted by Gasteiger charge is -2.08. The summed E-state index contributed by atoms with van der Waals surface area (Å²) in [5, 5.41) is 14.1. The van der Waals surface area contributed by atoms with Gasteiger partial charge < -0.3 is 0 Å². The van der Waals surface area contributed by atoms with Gasteiger partial charge in [-0.3, -0.25) is 0 Å². The first-order valence-electron chi connectivity index (χ1n) is 6.04. The lowest BCUT2D eigenvalue weighted by molar-refractivity contribution is 0.881. The standard InChI is InChI=1S/C14H11BrN4S/c15-11-7-4-8-12(13(11)14-16-18-19-17-14)20-9-10-5-2-1-3-6-10/h1-8H,9H2,(H,16,17,18,19). The van der Waals surface area contributed by atoms with Crippen molar-refractivity contribution in [1.29, 1.82) is 0 Å². The monoisotopic (exact) mass is 346 g/mol. The van der Waals surface area contributed by atoms with Gasteiger partial charge in [0.15, 0.2) is 5.82 Å². The number of tetrazole rings is 1. The highest BCUT2D eigenvalue weighted by Gasteiger charge is 2.13. The third-order valence-corrected chi connectivity index (χ3v) is 4.58. The number of hydrogen-bond donors (Lipinski definition) is 1. The van der Waals surface area contributed by atoms with Crippen LogP contribution in [0.25, 0.3) is 11.4 Å². The molecule has 1 aromatic heterocycles. The molecule has 6 heteroatoms. The molecular weight excluding hydrogens is 336 g/mol. The summed E-state index contributed by atoms with van der Waals surface area (Å²) in [5.41, 5.74) is 2.29. The highest BCUT2D eigenvalue weighted by atomic mass is 79.9. The fourth-order valence-electron chi connectivity index (χ4n) is 1.85. The predicted octanol–water partition coefficient (Wildman–Crippen LogP) is 3.92. The summed E-state index contributed by atoms with van der Waals surface area (Å²) < 4.78 is 0.981. The molecule has 20 heavy (non-hydrogen) atoms. The normalized spacial score (nSPS) is 10.7. The highest BCUT2D eigenvalue weighted by Crippen LogP contribution is 2.36. The summed E-state index contributed by atoms with van der Waals surface area (Å²) in [6.45, 7) is 0. The number of benzene rings is 2. The molecule has 4 nitrogen and oxygen atoms in total. The molecular formula is C14H11BrN4S. The molecule has 0 spiro atoms. The van der Waals surface area contributed by atoms with Crippen LogP contribution < -0.4 is 0 Å². The minimum atomic E-state index is 0.674. The van der Waals surface area contributed by atoms with Crippen molar-refractivity contribution in [3.05, 3.63) is 58.6 Å². The van der Waals surface area contributed by atoms with E-state index < -0.39 is 0 Å². The quantitative estimate of drug-likeness (QED) is 0.727. The van der Waals surface area contributed by atoms with Gasteiger partial charge in [0.2, 0.25) is 0 Å². The lowest BCUT2D eigenvalue weighted by Crippen LogP contribution is -1.88. The van der Waals surface area contributed by atoms with Gasteiger partial charge in [0, 0.05) is 20.7 Å². The number of hydrogen-bond acceptors (Lipinski definition) is 4. The molecule has 100 valence electrons. The minimum absolute atomic E-state index is 0.674. The van der Waals surface area contributed by atoms with Crippen molar-refractivity contribution in [1.82, 2.24) is 20.6 Å². The van der Waals surface area contributed by atoms with Crippen LogP contribution in [-0.2, 0) is 5.75 Å². The van der Waals surface area contributed by atoms with Crippen LogP contribution in [0, 0.1) is 0 Å². The Balaban J connectivity index is 1.88. The van der Waals surface area contributed by atoms with Crippen LogP contribution in [0.2, 0.25) is 0 Å². The van der Waals surface area contributed by atoms with E-state index in [1.54, 1.807) is 11.8 Å². The zero-order valence-corrected chi connectivity index (χ0v) is 12.9. The molecule has 0 saturated heterocycles. The predicted molar refractivity (Wildman–Crippen MR) is 83.3 cm³/mol. The fourth-order valence-corrected chi connectivity index (χ4v) is 3.58. The number of rotatable bonds is 4. The van der Waals surface area contributed by atoms with Crippen molar-refractivity contribution in [2.45, 2.75) is 10.6 Å². The van der Waals surface area contributed by atoms with E-state index in [0.717, 1.165) is 20.7 Å². The second-order valence-corrected chi connectivity index (χ2v) is 6.01. The molecule has 3 rings (SSSR count). The smallest absolute Gasteiger partial charge is 0.181 e. The molecule has 0 atom stereocenters. The van der Waals surface area contributed by atoms with Gasteiger partial charge in [-0.1, -0.05) is 36.4 Å². The number of aromatic nitrogens is 4. The largest absolute Gasteiger partial charge is 0.239 e. The summed E-state index contributed by atoms with van der Waals surface area (Å²) in [7, 11) is 0. The zero-order chi connectivity index (χ0) is 13.8. The number of thioether (sulfide) groups is 1. The minimum Gasteiger partial charge on any atom is -0.239 e. The highest BCUT2D eigenvalue weighted by molar-refractivity contribution is 9.10. The number of halogens is 1. The summed E-state index contributed by atoms with van der Waals surface area (Å²) in [5.74, 6) is 1.58. The van der Waals surface area contributed by atoms with Crippen molar-refractivity contribution < 1.29 is 0 Å². The first kappa shape index (κ1) is 13.3. The third kappa shape index (κ3) is 2.91. The molecule has 0 aliphatic carbocycles. The molecule has 1 heterocycles. The molecule has 0 saturated carbocycles. The Morgan fingerprint density at radius 2 is 1.90 bits per heavy atom. The van der Waals surface area contributed by atoms with E-state index in [4.69, 9.17) is 0 Å². The van der Waals surface area contributed by atoms with Crippen LogP contribution in [0.4, 0.5) is 0 Å². The average molecular weight is 347 g/mol. The van der Waals surface area contributed by atoms with E-state index in [2.05, 4.69) is 66.9 Å². The van der Waals surface area contributed by atoms with Gasteiger partial charge >= 0.3 is 0 Å². The molecule has 3 aromatic rings. The number of nitrogens with one attached hydrogen (secondary N) is 1. The van der Waals surface area contributed by atoms with E-state index in [9.17, 15) is 0 Å². The van der Waals surface area contributed by atoms with Crippen LogP contribution in [0.5, 0.6) is 0 Å². The van der Waals surface area contributed by atoms with Crippen LogP contribution in [-0.4, -0.2) is 20.6 Å². The Morgan fingerprint density at radius 1 is 1.05 bits per heavy atom. The topological polar surface area (TPSA) is 54.5 Å². The maximum Gasteiger partial charge on any atom is 0.181 e. The average Bonchev–Trinajstić information content (AvgIpc) is 3.00. The second kappa shape index (κ2) is 6.19. The van der Waals surface area contributed by atoms with E-state index in [1.165, 1.54) is 5.56 Å². The molecule has 0 fully saturated rings. The Kier molecular flexibility index (Phi) is 4.13. The van der Waals surface area contributed by atoms with Gasteiger partial charge in [0.25, 0.3) is 0 Å². The second-order valence-electron chi connectivity index (χ2n) is 4.14. The van der Waals surface area contributed by atoms with E-state index in [1.807, 2.05) is 18.2 Å². The van der Waals surface area contributed by atoms with Gasteiger partial charge in [-0.05, 0) is 44.1 Å². The van der Waals surface area contributed by atoms with Gasteiger partial charge in [-0.15, -0.1) is 16.9 Å². The van der Waals surface area contributed by atoms with E-state index in [0.29, 0.717) is 5.82 Å². The van der Waals surface area contributed by atoms with E-state index >= 15 is 0 Å². The van der Waals surface area contributed by atoms with Gasteiger partial charge in [0.1, 0.15) is 0 Å². The summed E-state index contributed by atoms with van der Waals surface area (Å²) in [6.07, 6.45) is 0. The van der Waals surface area contributed by atoms with Crippen molar-refractivity contribution >= 4 is 27.7 Å². The maximum atomic E-state index is 4.00. The van der Waals surface area contributed by atoms with Crippen LogP contribution >= 0.6 is 27.7 Å². The third-order valence-electron chi connectivity index (χ3n) is 2.79. The maximum absolute atomic E-state index is 4.00. The van der Waals surface area contributed by atoms with Gasteiger partial charge in [0.05, 0.1) is 0 Å². The lowest BCUT2D eigenvalue weighted by atomic mass is 10.2. The number of nitrogens with zero attached hydrogens (tertiary/aromatic N) is 3. The Labute approximate surface area is 129 Å². The first-order valence-corrected chi connectivity index (χ1v) is 7.82. The van der Waals surface area contributed by atoms with Crippen molar-refractivity contribution in [2.75, 3.05) is 0 Å². The molecule has 0 amide bonds. The molecule has 0 aliphatic heterocycles. The number of H-pyrrole nitrogens is 1. The zero-order valence-electron chi connectivity index (χ0n) is 10.5. The first-order chi connectivity index (χ1) is 9.84. The van der Waals surface area contributed by atoms with Crippen molar-refractivity contribution in [3.63, 3.8) is 0 Å². The Morgan fingerprint density at radius 3 is 2.65 bits per heavy atom. The van der Waals surface area contributed by atoms with E-state index in [-0.39, 0.29) is 0 Å². The molecule has 0 radical (unpaired) electrons. The van der Waals surface area contributed by atoms with Gasteiger partial charge in [-0.25, -0.2) is 5.10 Å².